The van der Waals surface area contributed by atoms with Gasteiger partial charge in [0.1, 0.15) is 0 Å². The van der Waals surface area contributed by atoms with Crippen LogP contribution >= 0.6 is 23.4 Å². The number of fused-ring (bicyclic) bond motifs is 1. The maximum absolute atomic E-state index is 6.11. The van der Waals surface area contributed by atoms with E-state index in [1.54, 1.807) is 18.0 Å². The number of hydrogen-bond donors (Lipinski definition) is 1. The molecule has 22 heavy (non-hydrogen) atoms. The molecule has 110 valence electrons. The van der Waals surface area contributed by atoms with E-state index >= 15 is 0 Å². The standard InChI is InChI=1S/C16H13ClN4S/c1-22-12-8-6-11(7-9-12)10-18-21-16-15(17)19-13-4-2-3-5-14(13)20-16/h2-10H,1H3,(H,20,21). The zero-order valence-electron chi connectivity index (χ0n) is 11.8. The second-order valence-electron chi connectivity index (χ2n) is 4.49. The number of aromatic nitrogens is 2. The Hall–Kier alpha value is -2.11. The van der Waals surface area contributed by atoms with Gasteiger partial charge in [-0.05, 0) is 36.1 Å². The summed E-state index contributed by atoms with van der Waals surface area (Å²) >= 11 is 7.82. The Morgan fingerprint density at radius 3 is 2.41 bits per heavy atom. The molecule has 1 N–H and O–H groups in total. The van der Waals surface area contributed by atoms with E-state index in [9.17, 15) is 0 Å². The molecule has 0 radical (unpaired) electrons. The Morgan fingerprint density at radius 1 is 1.05 bits per heavy atom. The van der Waals surface area contributed by atoms with Gasteiger partial charge in [-0.2, -0.15) is 5.10 Å². The van der Waals surface area contributed by atoms with E-state index in [1.165, 1.54) is 4.90 Å². The van der Waals surface area contributed by atoms with Gasteiger partial charge >= 0.3 is 0 Å². The van der Waals surface area contributed by atoms with Gasteiger partial charge in [-0.25, -0.2) is 9.97 Å². The first-order valence-corrected chi connectivity index (χ1v) is 8.22. The second-order valence-corrected chi connectivity index (χ2v) is 5.73. The molecule has 0 spiro atoms. The van der Waals surface area contributed by atoms with Gasteiger partial charge in [0.15, 0.2) is 11.0 Å². The van der Waals surface area contributed by atoms with E-state index < -0.39 is 0 Å². The van der Waals surface area contributed by atoms with Crippen molar-refractivity contribution in [1.82, 2.24) is 9.97 Å². The average Bonchev–Trinajstić information content (AvgIpc) is 2.56. The van der Waals surface area contributed by atoms with Crippen molar-refractivity contribution in [1.29, 1.82) is 0 Å². The van der Waals surface area contributed by atoms with Gasteiger partial charge in [0, 0.05) is 4.90 Å². The fourth-order valence-electron chi connectivity index (χ4n) is 1.91. The van der Waals surface area contributed by atoms with Crippen LogP contribution in [0.1, 0.15) is 5.56 Å². The highest BCUT2D eigenvalue weighted by Crippen LogP contribution is 2.21. The predicted octanol–water partition coefficient (Wildman–Crippen LogP) is 4.45. The number of thioether (sulfide) groups is 1. The van der Waals surface area contributed by atoms with Gasteiger partial charge in [0.25, 0.3) is 0 Å². The molecule has 2 aromatic carbocycles. The van der Waals surface area contributed by atoms with Crippen molar-refractivity contribution in [3.63, 3.8) is 0 Å². The van der Waals surface area contributed by atoms with E-state index in [-0.39, 0.29) is 0 Å². The molecule has 6 heteroatoms. The average molecular weight is 329 g/mol. The van der Waals surface area contributed by atoms with Crippen molar-refractivity contribution in [3.8, 4) is 0 Å². The van der Waals surface area contributed by atoms with E-state index in [1.807, 2.05) is 42.7 Å². The molecule has 3 aromatic rings. The molecule has 0 aliphatic heterocycles. The van der Waals surface area contributed by atoms with Gasteiger partial charge in [-0.15, -0.1) is 11.8 Å². The van der Waals surface area contributed by atoms with Crippen molar-refractivity contribution in [3.05, 3.63) is 59.2 Å². The molecule has 0 aliphatic rings. The van der Waals surface area contributed by atoms with E-state index in [2.05, 4.69) is 32.6 Å². The van der Waals surface area contributed by atoms with E-state index in [4.69, 9.17) is 11.6 Å². The van der Waals surface area contributed by atoms with E-state index in [0.29, 0.717) is 11.0 Å². The quantitative estimate of drug-likeness (QED) is 0.436. The molecule has 3 rings (SSSR count). The monoisotopic (exact) mass is 328 g/mol. The normalized spacial score (nSPS) is 11.2. The molecule has 0 saturated heterocycles. The number of rotatable bonds is 4. The lowest BCUT2D eigenvalue weighted by atomic mass is 10.2. The Bertz CT molecular complexity index is 818. The van der Waals surface area contributed by atoms with Crippen LogP contribution in [0.5, 0.6) is 0 Å². The highest BCUT2D eigenvalue weighted by Gasteiger charge is 2.05. The van der Waals surface area contributed by atoms with E-state index in [0.717, 1.165) is 16.6 Å². The van der Waals surface area contributed by atoms with Crippen LogP contribution in [0.25, 0.3) is 11.0 Å². The maximum atomic E-state index is 6.11. The maximum Gasteiger partial charge on any atom is 0.185 e. The number of para-hydroxylation sites is 2. The fraction of sp³-hybridized carbons (Fsp3) is 0.0625. The topological polar surface area (TPSA) is 50.2 Å². The number of nitrogens with one attached hydrogen (secondary N) is 1. The molecule has 4 nitrogen and oxygen atoms in total. The number of hydrazone groups is 1. The minimum absolute atomic E-state index is 0.300. The lowest BCUT2D eigenvalue weighted by molar-refractivity contribution is 1.22. The third kappa shape index (κ3) is 3.37. The number of anilines is 1. The first kappa shape index (κ1) is 14.8. The van der Waals surface area contributed by atoms with Crippen LogP contribution in [0.2, 0.25) is 5.15 Å². The first-order chi connectivity index (χ1) is 10.8. The Labute approximate surface area is 137 Å². The Balaban J connectivity index is 1.77. The van der Waals surface area contributed by atoms with Crippen LogP contribution in [0.4, 0.5) is 5.82 Å². The summed E-state index contributed by atoms with van der Waals surface area (Å²) in [4.78, 5) is 9.91. The molecular formula is C16H13ClN4S. The lowest BCUT2D eigenvalue weighted by Gasteiger charge is -2.04. The third-order valence-corrected chi connectivity index (χ3v) is 4.03. The molecule has 0 atom stereocenters. The van der Waals surface area contributed by atoms with Crippen molar-refractivity contribution < 1.29 is 0 Å². The smallest absolute Gasteiger partial charge is 0.185 e. The van der Waals surface area contributed by atoms with Gasteiger partial charge in [0.2, 0.25) is 0 Å². The molecule has 0 unspecified atom stereocenters. The molecule has 1 heterocycles. The van der Waals surface area contributed by atoms with Crippen LogP contribution in [0, 0.1) is 0 Å². The molecule has 1 aromatic heterocycles. The summed E-state index contributed by atoms with van der Waals surface area (Å²) in [5.41, 5.74) is 5.37. The molecule has 0 saturated carbocycles. The second kappa shape index (κ2) is 6.77. The predicted molar refractivity (Wildman–Crippen MR) is 94.0 cm³/mol. The SMILES string of the molecule is CSc1ccc(C=NNc2nc3ccccc3nc2Cl)cc1. The summed E-state index contributed by atoms with van der Waals surface area (Å²) in [6.07, 6.45) is 3.77. The molecular weight excluding hydrogens is 316 g/mol. The minimum atomic E-state index is 0.300. The van der Waals surface area contributed by atoms with Gasteiger partial charge < -0.3 is 0 Å². The van der Waals surface area contributed by atoms with Crippen molar-refractivity contribution in [2.45, 2.75) is 4.90 Å². The van der Waals surface area contributed by atoms with Gasteiger partial charge in [-0.1, -0.05) is 35.9 Å². The van der Waals surface area contributed by atoms with Gasteiger partial charge in [0.05, 0.1) is 17.2 Å². The largest absolute Gasteiger partial charge is 0.259 e. The zero-order chi connectivity index (χ0) is 15.4. The third-order valence-electron chi connectivity index (χ3n) is 3.03. The van der Waals surface area contributed by atoms with Crippen molar-refractivity contribution in [2.24, 2.45) is 5.10 Å². The van der Waals surface area contributed by atoms with Crippen molar-refractivity contribution >= 4 is 46.4 Å². The van der Waals surface area contributed by atoms with Crippen LogP contribution < -0.4 is 5.43 Å². The first-order valence-electron chi connectivity index (χ1n) is 6.61. The van der Waals surface area contributed by atoms with Gasteiger partial charge in [-0.3, -0.25) is 5.43 Å². The molecule has 0 amide bonds. The highest BCUT2D eigenvalue weighted by molar-refractivity contribution is 7.98. The van der Waals surface area contributed by atoms with Crippen molar-refractivity contribution in [2.75, 3.05) is 11.7 Å². The van der Waals surface area contributed by atoms with Crippen LogP contribution in [0.15, 0.2) is 58.5 Å². The summed E-state index contributed by atoms with van der Waals surface area (Å²) in [5.74, 6) is 0.442. The fourth-order valence-corrected chi connectivity index (χ4v) is 2.49. The summed E-state index contributed by atoms with van der Waals surface area (Å²) in [6.45, 7) is 0. The number of benzene rings is 2. The number of hydrogen-bond acceptors (Lipinski definition) is 5. The molecule has 0 bridgehead atoms. The van der Waals surface area contributed by atoms with Crippen LogP contribution in [-0.4, -0.2) is 22.4 Å². The number of nitrogens with zero attached hydrogens (tertiary/aromatic N) is 3. The lowest BCUT2D eigenvalue weighted by Crippen LogP contribution is -1.97. The zero-order valence-corrected chi connectivity index (χ0v) is 13.4. The Morgan fingerprint density at radius 2 is 1.73 bits per heavy atom. The summed E-state index contributed by atoms with van der Waals surface area (Å²) in [7, 11) is 0. The van der Waals surface area contributed by atoms with Crippen LogP contribution in [0.3, 0.4) is 0 Å². The van der Waals surface area contributed by atoms with Crippen LogP contribution in [-0.2, 0) is 0 Å². The summed E-state index contributed by atoms with van der Waals surface area (Å²) in [6, 6.07) is 15.7. The summed E-state index contributed by atoms with van der Waals surface area (Å²) < 4.78 is 0. The Kier molecular flexibility index (Phi) is 4.56. The molecule has 0 fully saturated rings. The molecule has 0 aliphatic carbocycles. The minimum Gasteiger partial charge on any atom is -0.259 e. The highest BCUT2D eigenvalue weighted by atomic mass is 35.5. The number of halogens is 1. The summed E-state index contributed by atoms with van der Waals surface area (Å²) in [5, 5.41) is 4.47.